The zero-order valence-electron chi connectivity index (χ0n) is 25.6. The molecule has 0 amide bonds. The molecule has 0 spiro atoms. The first-order valence-corrected chi connectivity index (χ1v) is 16.7. The van der Waals surface area contributed by atoms with E-state index in [0.29, 0.717) is 19.8 Å². The molecule has 0 aliphatic rings. The molecule has 3 nitrogen and oxygen atoms in total. The van der Waals surface area contributed by atoms with Crippen LogP contribution in [0.3, 0.4) is 0 Å². The highest BCUT2D eigenvalue weighted by atomic mass is 16.6. The summed E-state index contributed by atoms with van der Waals surface area (Å²) in [5, 5.41) is 0. The van der Waals surface area contributed by atoms with Gasteiger partial charge in [-0.2, -0.15) is 0 Å². The van der Waals surface area contributed by atoms with Crippen LogP contribution in [0.25, 0.3) is 0 Å². The fourth-order valence-corrected chi connectivity index (χ4v) is 4.88. The third-order valence-corrected chi connectivity index (χ3v) is 7.34. The van der Waals surface area contributed by atoms with Crippen molar-refractivity contribution in [2.45, 2.75) is 174 Å². The summed E-state index contributed by atoms with van der Waals surface area (Å²) in [5.74, 6) is 0. The minimum Gasteiger partial charge on any atom is -0.379 e. The quantitative estimate of drug-likeness (QED) is 0.0631. The molecule has 0 aliphatic carbocycles. The summed E-state index contributed by atoms with van der Waals surface area (Å²) in [6.07, 6.45) is 34.8. The Morgan fingerprint density at radius 1 is 0.459 bits per heavy atom. The Morgan fingerprint density at radius 3 is 1.22 bits per heavy atom. The maximum Gasteiger partial charge on any atom is 0.104 e. The summed E-state index contributed by atoms with van der Waals surface area (Å²) in [7, 11) is 0. The Bertz CT molecular complexity index is 412. The predicted octanol–water partition coefficient (Wildman–Crippen LogP) is 11.0. The van der Waals surface area contributed by atoms with Crippen LogP contribution in [0.4, 0.5) is 0 Å². The van der Waals surface area contributed by atoms with E-state index in [1.54, 1.807) is 6.08 Å². The molecule has 222 valence electrons. The van der Waals surface area contributed by atoms with E-state index < -0.39 is 0 Å². The Labute approximate surface area is 233 Å². The second-order valence-electron chi connectivity index (χ2n) is 11.2. The van der Waals surface area contributed by atoms with Crippen molar-refractivity contribution in [1.29, 1.82) is 0 Å². The molecule has 0 aromatic carbocycles. The van der Waals surface area contributed by atoms with Gasteiger partial charge in [-0.05, 0) is 12.8 Å². The van der Waals surface area contributed by atoms with Gasteiger partial charge in [0.15, 0.2) is 0 Å². The van der Waals surface area contributed by atoms with E-state index >= 15 is 0 Å². The average Bonchev–Trinajstić information content (AvgIpc) is 2.91. The van der Waals surface area contributed by atoms with Gasteiger partial charge in [-0.3, -0.25) is 0 Å². The van der Waals surface area contributed by atoms with Gasteiger partial charge in [0.2, 0.25) is 0 Å². The molecule has 0 N–H and O–H groups in total. The average molecular weight is 525 g/mol. The molecular formula is C34H68O3. The summed E-state index contributed by atoms with van der Waals surface area (Å²) in [4.78, 5) is 0. The van der Waals surface area contributed by atoms with Crippen molar-refractivity contribution in [3.8, 4) is 0 Å². The molecular weight excluding hydrogens is 456 g/mol. The molecule has 0 rings (SSSR count). The van der Waals surface area contributed by atoms with Gasteiger partial charge in [0.05, 0.1) is 19.8 Å². The van der Waals surface area contributed by atoms with Crippen molar-refractivity contribution in [3.63, 3.8) is 0 Å². The van der Waals surface area contributed by atoms with Gasteiger partial charge in [-0.25, -0.2) is 0 Å². The number of hydrogen-bond acceptors (Lipinski definition) is 3. The van der Waals surface area contributed by atoms with Crippen molar-refractivity contribution in [3.05, 3.63) is 12.7 Å². The minimum absolute atomic E-state index is 0.0463. The van der Waals surface area contributed by atoms with E-state index in [0.717, 1.165) is 26.1 Å². The van der Waals surface area contributed by atoms with Crippen molar-refractivity contribution < 1.29 is 14.2 Å². The minimum atomic E-state index is 0.0463. The van der Waals surface area contributed by atoms with Gasteiger partial charge in [0.25, 0.3) is 0 Å². The van der Waals surface area contributed by atoms with E-state index in [-0.39, 0.29) is 6.10 Å². The van der Waals surface area contributed by atoms with Gasteiger partial charge < -0.3 is 14.2 Å². The SMILES string of the molecule is C=CCOCC(COCCCCCCCCCCCCCC)OCCCCCCCCCCCCCC. The summed E-state index contributed by atoms with van der Waals surface area (Å²) in [6.45, 7) is 11.8. The van der Waals surface area contributed by atoms with Gasteiger partial charge in [0, 0.05) is 13.2 Å². The zero-order valence-corrected chi connectivity index (χ0v) is 25.6. The Morgan fingerprint density at radius 2 is 0.811 bits per heavy atom. The smallest absolute Gasteiger partial charge is 0.104 e. The lowest BCUT2D eigenvalue weighted by molar-refractivity contribution is -0.0573. The molecule has 0 saturated carbocycles. The van der Waals surface area contributed by atoms with Crippen LogP contribution in [-0.2, 0) is 14.2 Å². The fourth-order valence-electron chi connectivity index (χ4n) is 4.88. The van der Waals surface area contributed by atoms with Crippen molar-refractivity contribution in [2.24, 2.45) is 0 Å². The van der Waals surface area contributed by atoms with Crippen LogP contribution in [0.15, 0.2) is 12.7 Å². The van der Waals surface area contributed by atoms with Gasteiger partial charge in [-0.15, -0.1) is 6.58 Å². The zero-order chi connectivity index (χ0) is 26.9. The summed E-state index contributed by atoms with van der Waals surface area (Å²) >= 11 is 0. The highest BCUT2D eigenvalue weighted by Gasteiger charge is 2.10. The molecule has 0 aliphatic heterocycles. The summed E-state index contributed by atoms with van der Waals surface area (Å²) < 4.78 is 17.7. The third kappa shape index (κ3) is 31.7. The second kappa shape index (κ2) is 33.6. The Hall–Kier alpha value is -0.380. The Balaban J connectivity index is 3.56. The topological polar surface area (TPSA) is 27.7 Å². The molecule has 3 heteroatoms. The third-order valence-electron chi connectivity index (χ3n) is 7.34. The van der Waals surface area contributed by atoms with E-state index in [4.69, 9.17) is 14.2 Å². The normalized spacial score (nSPS) is 12.3. The van der Waals surface area contributed by atoms with Crippen molar-refractivity contribution in [2.75, 3.05) is 33.0 Å². The number of ether oxygens (including phenoxy) is 3. The highest BCUT2D eigenvalue weighted by molar-refractivity contribution is 4.65. The molecule has 0 fully saturated rings. The molecule has 0 aromatic heterocycles. The first kappa shape index (κ1) is 36.6. The lowest BCUT2D eigenvalue weighted by Gasteiger charge is -2.18. The van der Waals surface area contributed by atoms with Crippen LogP contribution in [-0.4, -0.2) is 39.1 Å². The van der Waals surface area contributed by atoms with Crippen LogP contribution >= 0.6 is 0 Å². The molecule has 1 atom stereocenters. The lowest BCUT2D eigenvalue weighted by Crippen LogP contribution is -2.26. The van der Waals surface area contributed by atoms with Crippen LogP contribution < -0.4 is 0 Å². The lowest BCUT2D eigenvalue weighted by atomic mass is 10.1. The van der Waals surface area contributed by atoms with Crippen LogP contribution in [0.5, 0.6) is 0 Å². The largest absolute Gasteiger partial charge is 0.379 e. The monoisotopic (exact) mass is 525 g/mol. The predicted molar refractivity (Wildman–Crippen MR) is 164 cm³/mol. The highest BCUT2D eigenvalue weighted by Crippen LogP contribution is 2.13. The van der Waals surface area contributed by atoms with Crippen LogP contribution in [0.1, 0.15) is 168 Å². The van der Waals surface area contributed by atoms with Crippen LogP contribution in [0.2, 0.25) is 0 Å². The van der Waals surface area contributed by atoms with Crippen LogP contribution in [0, 0.1) is 0 Å². The second-order valence-corrected chi connectivity index (χ2v) is 11.2. The number of hydrogen-bond donors (Lipinski definition) is 0. The fraction of sp³-hybridized carbons (Fsp3) is 0.941. The first-order valence-electron chi connectivity index (χ1n) is 16.7. The molecule has 0 heterocycles. The van der Waals surface area contributed by atoms with E-state index in [1.165, 1.54) is 141 Å². The maximum atomic E-state index is 6.11. The molecule has 0 radical (unpaired) electrons. The number of rotatable bonds is 33. The van der Waals surface area contributed by atoms with E-state index in [9.17, 15) is 0 Å². The standard InChI is InChI=1S/C34H68O3/c1-4-7-9-11-13-15-17-19-21-23-25-27-30-36-33-34(32-35-29-6-3)37-31-28-26-24-22-20-18-16-14-12-10-8-5-2/h6,34H,3-5,7-33H2,1-2H3. The first-order chi connectivity index (χ1) is 18.3. The van der Waals surface area contributed by atoms with Gasteiger partial charge >= 0.3 is 0 Å². The molecule has 37 heavy (non-hydrogen) atoms. The van der Waals surface area contributed by atoms with Gasteiger partial charge in [0.1, 0.15) is 6.10 Å². The van der Waals surface area contributed by atoms with E-state index in [1.807, 2.05) is 0 Å². The molecule has 0 saturated heterocycles. The van der Waals surface area contributed by atoms with E-state index in [2.05, 4.69) is 20.4 Å². The molecule has 1 unspecified atom stereocenters. The Kier molecular flexibility index (Phi) is 33.3. The summed E-state index contributed by atoms with van der Waals surface area (Å²) in [5.41, 5.74) is 0. The summed E-state index contributed by atoms with van der Waals surface area (Å²) in [6, 6.07) is 0. The maximum absolute atomic E-state index is 6.11. The number of unbranched alkanes of at least 4 members (excludes halogenated alkanes) is 22. The van der Waals surface area contributed by atoms with Crippen molar-refractivity contribution >= 4 is 0 Å². The molecule has 0 bridgehead atoms. The molecule has 0 aromatic rings. The van der Waals surface area contributed by atoms with Crippen molar-refractivity contribution in [1.82, 2.24) is 0 Å². The van der Waals surface area contributed by atoms with Gasteiger partial charge in [-0.1, -0.05) is 161 Å².